The van der Waals surface area contributed by atoms with Crippen molar-refractivity contribution in [1.82, 2.24) is 9.55 Å². The first kappa shape index (κ1) is 21.1. The normalized spacial score (nSPS) is 12.7. The predicted molar refractivity (Wildman–Crippen MR) is 118 cm³/mol. The molecule has 2 heterocycles. The second-order valence-corrected chi connectivity index (χ2v) is 8.89. The summed E-state index contributed by atoms with van der Waals surface area (Å²) in [4.78, 5) is 18.7. The van der Waals surface area contributed by atoms with E-state index in [1.54, 1.807) is 42.0 Å². The van der Waals surface area contributed by atoms with Gasteiger partial charge in [0.2, 0.25) is 0 Å². The lowest BCUT2D eigenvalue weighted by Crippen LogP contribution is -2.24. The quantitative estimate of drug-likeness (QED) is 0.378. The summed E-state index contributed by atoms with van der Waals surface area (Å²) in [5.74, 6) is 1.74. The highest BCUT2D eigenvalue weighted by Crippen LogP contribution is 2.34. The average molecular weight is 465 g/mol. The Balaban J connectivity index is 1.81. The smallest absolute Gasteiger partial charge is 0.272 e. The maximum Gasteiger partial charge on any atom is 0.272 e. The highest BCUT2D eigenvalue weighted by Gasteiger charge is 2.23. The first-order valence-corrected chi connectivity index (χ1v) is 11.4. The van der Waals surface area contributed by atoms with Gasteiger partial charge in [-0.2, -0.15) is 0 Å². The van der Waals surface area contributed by atoms with Gasteiger partial charge in [-0.3, -0.25) is 9.36 Å². The average Bonchev–Trinajstić information content (AvgIpc) is 3.22. The fourth-order valence-corrected chi connectivity index (χ4v) is 5.58. The summed E-state index contributed by atoms with van der Waals surface area (Å²) in [6.07, 6.45) is 0.732. The van der Waals surface area contributed by atoms with E-state index in [1.807, 2.05) is 0 Å². The molecule has 2 aromatic carbocycles. The number of halogens is 2. The SMILES string of the molecule is COc1ccc(-n2c(SCc3c(F)cccc3Cl)nc3c(c2=O)SCC3)cc1OC. The van der Waals surface area contributed by atoms with Gasteiger partial charge in [0.1, 0.15) is 5.82 Å². The zero-order valence-corrected chi connectivity index (χ0v) is 18.7. The van der Waals surface area contributed by atoms with Gasteiger partial charge < -0.3 is 9.47 Å². The number of thioether (sulfide) groups is 2. The highest BCUT2D eigenvalue weighted by atomic mass is 35.5. The second kappa shape index (κ2) is 8.91. The molecule has 156 valence electrons. The number of aryl methyl sites for hydroxylation is 1. The van der Waals surface area contributed by atoms with Crippen LogP contribution < -0.4 is 15.0 Å². The standard InChI is InChI=1S/C21H18ClFN2O3S2/c1-27-17-7-6-12(10-18(17)28-2)25-20(26)19-16(8-9-29-19)24-21(25)30-11-13-14(22)4-3-5-15(13)23/h3-7,10H,8-9,11H2,1-2H3. The number of methoxy groups -OCH3 is 2. The summed E-state index contributed by atoms with van der Waals surface area (Å²) in [5.41, 5.74) is 1.62. The zero-order chi connectivity index (χ0) is 21.3. The summed E-state index contributed by atoms with van der Waals surface area (Å²) in [7, 11) is 3.09. The minimum atomic E-state index is -0.383. The number of nitrogens with zero attached hydrogens (tertiary/aromatic N) is 2. The Morgan fingerprint density at radius 3 is 2.77 bits per heavy atom. The number of aromatic nitrogens is 2. The van der Waals surface area contributed by atoms with Crippen molar-refractivity contribution < 1.29 is 13.9 Å². The minimum absolute atomic E-state index is 0.142. The number of ether oxygens (including phenoxy) is 2. The van der Waals surface area contributed by atoms with Gasteiger partial charge in [0.05, 0.1) is 30.5 Å². The molecule has 3 aromatic rings. The van der Waals surface area contributed by atoms with E-state index in [9.17, 15) is 9.18 Å². The van der Waals surface area contributed by atoms with Gasteiger partial charge in [0.15, 0.2) is 16.7 Å². The second-order valence-electron chi connectivity index (χ2n) is 6.44. The molecule has 0 aliphatic carbocycles. The van der Waals surface area contributed by atoms with E-state index in [-0.39, 0.29) is 17.1 Å². The summed E-state index contributed by atoms with van der Waals surface area (Å²) in [5, 5.41) is 0.826. The number of benzene rings is 2. The highest BCUT2D eigenvalue weighted by molar-refractivity contribution is 7.99. The third-order valence-electron chi connectivity index (χ3n) is 4.70. The predicted octanol–water partition coefficient (Wildman–Crippen LogP) is 4.98. The van der Waals surface area contributed by atoms with Crippen LogP contribution in [0.2, 0.25) is 5.02 Å². The van der Waals surface area contributed by atoms with Crippen molar-refractivity contribution in [1.29, 1.82) is 0 Å². The van der Waals surface area contributed by atoms with Gasteiger partial charge in [0.25, 0.3) is 5.56 Å². The molecule has 1 aliphatic rings. The first-order valence-electron chi connectivity index (χ1n) is 9.10. The molecule has 1 aromatic heterocycles. The van der Waals surface area contributed by atoms with Crippen LogP contribution in [-0.2, 0) is 12.2 Å². The molecule has 1 aliphatic heterocycles. The molecular weight excluding hydrogens is 447 g/mol. The van der Waals surface area contributed by atoms with Crippen LogP contribution in [0.1, 0.15) is 11.3 Å². The summed E-state index contributed by atoms with van der Waals surface area (Å²) < 4.78 is 26.5. The van der Waals surface area contributed by atoms with Crippen LogP contribution in [0.5, 0.6) is 11.5 Å². The third-order valence-corrected chi connectivity index (χ3v) is 7.13. The Kier molecular flexibility index (Phi) is 6.26. The third kappa shape index (κ3) is 3.91. The fourth-order valence-electron chi connectivity index (χ4n) is 3.19. The van der Waals surface area contributed by atoms with Crippen molar-refractivity contribution in [3.63, 3.8) is 0 Å². The Hall–Kier alpha value is -2.16. The zero-order valence-electron chi connectivity index (χ0n) is 16.3. The molecule has 4 rings (SSSR count). The largest absolute Gasteiger partial charge is 0.493 e. The maximum atomic E-state index is 14.2. The molecule has 0 unspecified atom stereocenters. The molecule has 9 heteroatoms. The lowest BCUT2D eigenvalue weighted by Gasteiger charge is -2.16. The Morgan fingerprint density at radius 2 is 2.03 bits per heavy atom. The van der Waals surface area contributed by atoms with Gasteiger partial charge in [-0.15, -0.1) is 11.8 Å². The lowest BCUT2D eigenvalue weighted by molar-refractivity contribution is 0.354. The first-order chi connectivity index (χ1) is 14.5. The maximum absolute atomic E-state index is 14.2. The van der Waals surface area contributed by atoms with Crippen LogP contribution in [0.15, 0.2) is 51.2 Å². The molecule has 0 amide bonds. The minimum Gasteiger partial charge on any atom is -0.493 e. The molecule has 0 atom stereocenters. The van der Waals surface area contributed by atoms with Gasteiger partial charge in [0, 0.05) is 34.6 Å². The van der Waals surface area contributed by atoms with Crippen molar-refractivity contribution in [2.75, 3.05) is 20.0 Å². The van der Waals surface area contributed by atoms with Gasteiger partial charge in [-0.25, -0.2) is 9.37 Å². The topological polar surface area (TPSA) is 53.4 Å². The van der Waals surface area contributed by atoms with Crippen molar-refractivity contribution in [2.24, 2.45) is 0 Å². The van der Waals surface area contributed by atoms with Crippen LogP contribution in [0.25, 0.3) is 5.69 Å². The molecule has 30 heavy (non-hydrogen) atoms. The fraction of sp³-hybridized carbons (Fsp3) is 0.238. The van der Waals surface area contributed by atoms with Crippen LogP contribution in [0.3, 0.4) is 0 Å². The van der Waals surface area contributed by atoms with Gasteiger partial charge >= 0.3 is 0 Å². The Morgan fingerprint density at radius 1 is 1.23 bits per heavy atom. The summed E-state index contributed by atoms with van der Waals surface area (Å²) in [6.45, 7) is 0. The summed E-state index contributed by atoms with van der Waals surface area (Å²) >= 11 is 8.95. The van der Waals surface area contributed by atoms with E-state index in [0.717, 1.165) is 17.9 Å². The lowest BCUT2D eigenvalue weighted by atomic mass is 10.2. The molecule has 0 saturated heterocycles. The van der Waals surface area contributed by atoms with Crippen LogP contribution in [0, 0.1) is 5.82 Å². The van der Waals surface area contributed by atoms with Crippen molar-refractivity contribution in [3.8, 4) is 17.2 Å². The monoisotopic (exact) mass is 464 g/mol. The van der Waals surface area contributed by atoms with Crippen LogP contribution >= 0.6 is 35.1 Å². The summed E-state index contributed by atoms with van der Waals surface area (Å²) in [6, 6.07) is 9.83. The van der Waals surface area contributed by atoms with Crippen molar-refractivity contribution >= 4 is 35.1 Å². The molecular formula is C21H18ClFN2O3S2. The van der Waals surface area contributed by atoms with Gasteiger partial charge in [-0.1, -0.05) is 29.4 Å². The van der Waals surface area contributed by atoms with Crippen molar-refractivity contribution in [2.45, 2.75) is 22.2 Å². The van der Waals surface area contributed by atoms with E-state index in [1.165, 1.54) is 36.7 Å². The van der Waals surface area contributed by atoms with E-state index >= 15 is 0 Å². The van der Waals surface area contributed by atoms with Crippen molar-refractivity contribution in [3.05, 3.63) is 68.8 Å². The molecule has 0 bridgehead atoms. The van der Waals surface area contributed by atoms with E-state index in [4.69, 9.17) is 26.1 Å². The van der Waals surface area contributed by atoms with E-state index in [0.29, 0.717) is 37.8 Å². The Bertz CT molecular complexity index is 1150. The Labute approximate surface area is 186 Å². The number of fused-ring (bicyclic) bond motifs is 1. The molecule has 0 saturated carbocycles. The molecule has 0 spiro atoms. The van der Waals surface area contributed by atoms with Crippen LogP contribution in [-0.4, -0.2) is 29.5 Å². The molecule has 5 nitrogen and oxygen atoms in total. The van der Waals surface area contributed by atoms with E-state index < -0.39 is 0 Å². The van der Waals surface area contributed by atoms with E-state index in [2.05, 4.69) is 0 Å². The number of hydrogen-bond donors (Lipinski definition) is 0. The number of hydrogen-bond acceptors (Lipinski definition) is 6. The van der Waals surface area contributed by atoms with Gasteiger partial charge in [-0.05, 0) is 24.3 Å². The molecule has 0 radical (unpaired) electrons. The molecule has 0 N–H and O–H groups in total. The number of rotatable bonds is 6. The molecule has 0 fully saturated rings. The van der Waals surface area contributed by atoms with Crippen LogP contribution in [0.4, 0.5) is 4.39 Å².